The molecule has 0 fully saturated rings. The summed E-state index contributed by atoms with van der Waals surface area (Å²) < 4.78 is 11.5. The minimum atomic E-state index is 0.658. The van der Waals surface area contributed by atoms with Gasteiger partial charge in [0, 0.05) is 48.2 Å². The van der Waals surface area contributed by atoms with Gasteiger partial charge in [-0.05, 0) is 76.5 Å². The van der Waals surface area contributed by atoms with Gasteiger partial charge in [-0.1, -0.05) is 139 Å². The van der Waals surface area contributed by atoms with Gasteiger partial charge in [0.25, 0.3) is 0 Å². The van der Waals surface area contributed by atoms with Crippen LogP contribution < -0.4 is 0 Å². The molecule has 1 aliphatic rings. The number of benzene rings is 8. The van der Waals surface area contributed by atoms with E-state index < -0.39 is 0 Å². The lowest BCUT2D eigenvalue weighted by molar-refractivity contribution is 0.667. The quantitative estimate of drug-likeness (QED) is 0.179. The van der Waals surface area contributed by atoms with E-state index in [-0.39, 0.29) is 0 Å². The second-order valence-corrected chi connectivity index (χ2v) is 16.0. The van der Waals surface area contributed by atoms with Crippen LogP contribution in [0.3, 0.4) is 0 Å². The molecule has 12 aromatic rings. The fourth-order valence-corrected chi connectivity index (χ4v) is 10.3. The predicted octanol–water partition coefficient (Wildman–Crippen LogP) is 14.0. The van der Waals surface area contributed by atoms with Crippen LogP contribution in [0.15, 0.2) is 196 Å². The molecule has 0 saturated carbocycles. The zero-order chi connectivity index (χ0) is 37.9. The first-order chi connectivity index (χ1) is 28.8. The second-order valence-electron chi connectivity index (χ2n) is 14.9. The standard InChI is InChI=1S/C52H30N4OS/c1-2-17-35(18-3-1)55-42-30-33(27-28-38(42)46-40-22-12-26-45-49(40)56(52(46)55)41-23-7-9-25-44(41)58-45)32-15-10-16-34(29-32)51-53-47(37-21-11-14-31-13-4-5-19-36(31)37)50-48(54-51)39-20-6-8-24-43(39)57-50/h1-30H. The molecule has 270 valence electrons. The maximum absolute atomic E-state index is 6.52. The Balaban J connectivity index is 1.04. The van der Waals surface area contributed by atoms with E-state index in [1.807, 2.05) is 30.0 Å². The fraction of sp³-hybridized carbons (Fsp3) is 0. The van der Waals surface area contributed by atoms with E-state index in [9.17, 15) is 0 Å². The van der Waals surface area contributed by atoms with E-state index in [1.165, 1.54) is 42.8 Å². The molecule has 4 aromatic heterocycles. The molecular formula is C52H30N4OS. The monoisotopic (exact) mass is 758 g/mol. The van der Waals surface area contributed by atoms with Gasteiger partial charge in [-0.15, -0.1) is 0 Å². The van der Waals surface area contributed by atoms with Gasteiger partial charge in [0.15, 0.2) is 11.4 Å². The van der Waals surface area contributed by atoms with Crippen molar-refractivity contribution in [3.8, 4) is 45.1 Å². The number of aromatic nitrogens is 4. The summed E-state index contributed by atoms with van der Waals surface area (Å²) in [6.45, 7) is 0. The molecule has 5 nitrogen and oxygen atoms in total. The maximum atomic E-state index is 6.52. The lowest BCUT2D eigenvalue weighted by atomic mass is 9.99. The van der Waals surface area contributed by atoms with Crippen LogP contribution in [0.5, 0.6) is 0 Å². The zero-order valence-corrected chi connectivity index (χ0v) is 31.7. The van der Waals surface area contributed by atoms with Gasteiger partial charge in [0.1, 0.15) is 22.4 Å². The Morgan fingerprint density at radius 3 is 2.17 bits per heavy atom. The Hall–Kier alpha value is -7.41. The number of hydrogen-bond donors (Lipinski definition) is 0. The summed E-state index contributed by atoms with van der Waals surface area (Å²) in [5.74, 6) is 0.658. The topological polar surface area (TPSA) is 48.8 Å². The third-order valence-corrected chi connectivity index (χ3v) is 12.8. The molecule has 0 amide bonds. The summed E-state index contributed by atoms with van der Waals surface area (Å²) in [7, 11) is 0. The molecule has 6 heteroatoms. The molecule has 1 aliphatic heterocycles. The Morgan fingerprint density at radius 2 is 1.22 bits per heavy atom. The first-order valence-electron chi connectivity index (χ1n) is 19.5. The van der Waals surface area contributed by atoms with Crippen molar-refractivity contribution in [2.75, 3.05) is 0 Å². The van der Waals surface area contributed by atoms with E-state index in [1.54, 1.807) is 0 Å². The Kier molecular flexibility index (Phi) is 6.60. The number of hydrogen-bond acceptors (Lipinski definition) is 4. The lowest BCUT2D eigenvalue weighted by Crippen LogP contribution is -2.05. The molecule has 0 saturated heterocycles. The van der Waals surface area contributed by atoms with Crippen LogP contribution in [0.25, 0.3) is 111 Å². The zero-order valence-electron chi connectivity index (χ0n) is 30.9. The van der Waals surface area contributed by atoms with Crippen molar-refractivity contribution in [2.24, 2.45) is 0 Å². The highest BCUT2D eigenvalue weighted by Crippen LogP contribution is 2.50. The lowest BCUT2D eigenvalue weighted by Gasteiger charge is -2.21. The maximum Gasteiger partial charge on any atom is 0.180 e. The highest BCUT2D eigenvalue weighted by atomic mass is 32.2. The van der Waals surface area contributed by atoms with Crippen LogP contribution in [0.1, 0.15) is 0 Å². The van der Waals surface area contributed by atoms with Crippen molar-refractivity contribution in [2.45, 2.75) is 9.79 Å². The minimum Gasteiger partial charge on any atom is -0.452 e. The SMILES string of the molecule is c1ccc(-n2c3cc(-c4cccc(-c5nc(-c6cccc7ccccc67)c6oc7ccccc7c6n5)c4)ccc3c3c4cccc5c4n(c32)-c2ccccc2S5)cc1. The first-order valence-corrected chi connectivity index (χ1v) is 20.3. The molecule has 0 unspecified atom stereocenters. The summed E-state index contributed by atoms with van der Waals surface area (Å²) in [5.41, 5.74) is 13.2. The van der Waals surface area contributed by atoms with E-state index in [4.69, 9.17) is 14.4 Å². The average molecular weight is 759 g/mol. The van der Waals surface area contributed by atoms with E-state index in [2.05, 4.69) is 173 Å². The van der Waals surface area contributed by atoms with E-state index in [0.29, 0.717) is 11.4 Å². The van der Waals surface area contributed by atoms with E-state index in [0.717, 1.165) is 66.4 Å². The molecule has 0 aliphatic carbocycles. The second kappa shape index (κ2) is 12.0. The molecule has 0 spiro atoms. The highest BCUT2D eigenvalue weighted by molar-refractivity contribution is 7.99. The first kappa shape index (κ1) is 31.8. The van der Waals surface area contributed by atoms with Gasteiger partial charge in [-0.25, -0.2) is 9.97 Å². The van der Waals surface area contributed by atoms with Crippen LogP contribution in [-0.4, -0.2) is 19.1 Å². The van der Waals surface area contributed by atoms with Crippen LogP contribution >= 0.6 is 11.8 Å². The van der Waals surface area contributed by atoms with Gasteiger partial charge < -0.3 is 4.42 Å². The van der Waals surface area contributed by atoms with Crippen molar-refractivity contribution >= 4 is 77.4 Å². The van der Waals surface area contributed by atoms with Crippen molar-refractivity contribution in [1.29, 1.82) is 0 Å². The molecule has 13 rings (SSSR count). The van der Waals surface area contributed by atoms with Crippen LogP contribution in [0, 0.1) is 0 Å². The Labute approximate surface area is 336 Å². The van der Waals surface area contributed by atoms with Gasteiger partial charge in [-0.2, -0.15) is 0 Å². The predicted molar refractivity (Wildman–Crippen MR) is 238 cm³/mol. The summed E-state index contributed by atoms with van der Waals surface area (Å²) in [6, 6.07) is 64.7. The van der Waals surface area contributed by atoms with E-state index >= 15 is 0 Å². The van der Waals surface area contributed by atoms with Crippen molar-refractivity contribution in [3.63, 3.8) is 0 Å². The Bertz CT molecular complexity index is 3660. The summed E-state index contributed by atoms with van der Waals surface area (Å²) in [5, 5.41) is 7.01. The molecule has 5 heterocycles. The fourth-order valence-electron chi connectivity index (χ4n) is 9.17. The van der Waals surface area contributed by atoms with Crippen LogP contribution in [0.4, 0.5) is 0 Å². The molecular weight excluding hydrogens is 729 g/mol. The molecule has 0 bridgehead atoms. The highest BCUT2D eigenvalue weighted by Gasteiger charge is 2.28. The van der Waals surface area contributed by atoms with Crippen molar-refractivity contribution in [1.82, 2.24) is 19.1 Å². The molecule has 0 N–H and O–H groups in total. The molecule has 58 heavy (non-hydrogen) atoms. The van der Waals surface area contributed by atoms with Crippen LogP contribution in [0.2, 0.25) is 0 Å². The number of rotatable bonds is 4. The largest absolute Gasteiger partial charge is 0.452 e. The van der Waals surface area contributed by atoms with Gasteiger partial charge in [-0.3, -0.25) is 9.13 Å². The van der Waals surface area contributed by atoms with Gasteiger partial charge in [0.2, 0.25) is 0 Å². The normalized spacial score (nSPS) is 12.4. The molecule has 0 radical (unpaired) electrons. The summed E-state index contributed by atoms with van der Waals surface area (Å²) in [4.78, 5) is 13.1. The minimum absolute atomic E-state index is 0.658. The third kappa shape index (κ3) is 4.49. The number of para-hydroxylation sites is 4. The van der Waals surface area contributed by atoms with Crippen LogP contribution in [-0.2, 0) is 0 Å². The number of nitrogens with zero attached hydrogens (tertiary/aromatic N) is 4. The third-order valence-electron chi connectivity index (χ3n) is 11.7. The van der Waals surface area contributed by atoms with Crippen molar-refractivity contribution in [3.05, 3.63) is 182 Å². The Morgan fingerprint density at radius 1 is 0.500 bits per heavy atom. The average Bonchev–Trinajstić information content (AvgIpc) is 3.95. The number of furan rings is 1. The molecule has 8 aromatic carbocycles. The smallest absolute Gasteiger partial charge is 0.180 e. The summed E-state index contributed by atoms with van der Waals surface area (Å²) in [6.07, 6.45) is 0. The van der Waals surface area contributed by atoms with Gasteiger partial charge >= 0.3 is 0 Å². The summed E-state index contributed by atoms with van der Waals surface area (Å²) >= 11 is 1.86. The number of fused-ring (bicyclic) bond motifs is 11. The van der Waals surface area contributed by atoms with Crippen molar-refractivity contribution < 1.29 is 4.42 Å². The van der Waals surface area contributed by atoms with Gasteiger partial charge in [0.05, 0.1) is 16.7 Å². The molecule has 0 atom stereocenters.